The Balaban J connectivity index is 1.36. The summed E-state index contributed by atoms with van der Waals surface area (Å²) in [5.74, 6) is -0.931. The Bertz CT molecular complexity index is 1160. The van der Waals surface area contributed by atoms with Gasteiger partial charge < -0.3 is 10.6 Å². The van der Waals surface area contributed by atoms with E-state index >= 15 is 0 Å². The highest BCUT2D eigenvalue weighted by Crippen LogP contribution is 2.37. The highest BCUT2D eigenvalue weighted by Gasteiger charge is 2.30. The molecule has 37 heavy (non-hydrogen) atoms. The first-order valence-corrected chi connectivity index (χ1v) is 13.4. The van der Waals surface area contributed by atoms with E-state index < -0.39 is 5.92 Å². The van der Waals surface area contributed by atoms with Gasteiger partial charge in [0, 0.05) is 30.7 Å². The number of hydrogen-bond acceptors (Lipinski definition) is 10. The van der Waals surface area contributed by atoms with Crippen LogP contribution < -0.4 is 10.6 Å². The third kappa shape index (κ3) is 9.21. The lowest BCUT2D eigenvalue weighted by Gasteiger charge is -2.15. The van der Waals surface area contributed by atoms with Crippen molar-refractivity contribution in [2.75, 3.05) is 0 Å². The third-order valence-corrected chi connectivity index (χ3v) is 7.56. The van der Waals surface area contributed by atoms with E-state index in [4.69, 9.17) is 21.6 Å². The number of thioether (sulfide) groups is 2. The van der Waals surface area contributed by atoms with Crippen LogP contribution >= 0.6 is 23.5 Å². The fourth-order valence-electron chi connectivity index (χ4n) is 4.03. The van der Waals surface area contributed by atoms with E-state index in [2.05, 4.69) is 20.6 Å². The van der Waals surface area contributed by atoms with Gasteiger partial charge in [-0.05, 0) is 85.3 Å². The summed E-state index contributed by atoms with van der Waals surface area (Å²) in [6.45, 7) is 1.74. The molecule has 194 valence electrons. The Morgan fingerprint density at radius 1 is 1.00 bits per heavy atom. The maximum absolute atomic E-state index is 12.4. The van der Waals surface area contributed by atoms with Crippen LogP contribution in [-0.2, 0) is 16.0 Å². The van der Waals surface area contributed by atoms with E-state index in [0.29, 0.717) is 22.9 Å². The third-order valence-electron chi connectivity index (χ3n) is 5.98. The minimum atomic E-state index is -0.457. The van der Waals surface area contributed by atoms with Crippen molar-refractivity contribution in [2.24, 2.45) is 11.8 Å². The Labute approximate surface area is 224 Å². The van der Waals surface area contributed by atoms with E-state index in [0.717, 1.165) is 47.5 Å². The van der Waals surface area contributed by atoms with Gasteiger partial charge in [0.05, 0.1) is 22.4 Å². The molecule has 2 heterocycles. The van der Waals surface area contributed by atoms with Crippen LogP contribution in [0.5, 0.6) is 0 Å². The largest absolute Gasteiger partial charge is 0.305 e. The normalized spacial score (nSPS) is 17.4. The maximum atomic E-state index is 12.4. The molecule has 12 heteroatoms. The van der Waals surface area contributed by atoms with Crippen molar-refractivity contribution in [1.29, 1.82) is 21.6 Å². The van der Waals surface area contributed by atoms with Crippen molar-refractivity contribution in [2.45, 2.75) is 44.9 Å². The number of amidine groups is 2. The van der Waals surface area contributed by atoms with Gasteiger partial charge in [-0.1, -0.05) is 12.1 Å². The topological polar surface area (TPSA) is 179 Å². The molecule has 3 rings (SSSR count). The lowest BCUT2D eigenvalue weighted by atomic mass is 10.0. The second kappa shape index (κ2) is 13.8. The Kier molecular flexibility index (Phi) is 10.5. The molecule has 0 saturated heterocycles. The number of nitrogens with one attached hydrogen (secondary N) is 6. The summed E-state index contributed by atoms with van der Waals surface area (Å²) in [7, 11) is 0. The molecule has 1 aliphatic carbocycles. The second-order valence-corrected chi connectivity index (χ2v) is 11.0. The van der Waals surface area contributed by atoms with Crippen LogP contribution in [0.15, 0.2) is 49.1 Å². The van der Waals surface area contributed by atoms with Crippen LogP contribution in [0.1, 0.15) is 49.7 Å². The van der Waals surface area contributed by atoms with Gasteiger partial charge in [-0.15, -0.1) is 0 Å². The van der Waals surface area contributed by atoms with Crippen LogP contribution in [-0.4, -0.2) is 42.2 Å². The number of amides is 2. The second-order valence-electron chi connectivity index (χ2n) is 8.81. The number of hydrogen-bond donors (Lipinski definition) is 6. The van der Waals surface area contributed by atoms with Crippen molar-refractivity contribution < 1.29 is 9.59 Å². The number of rotatable bonds is 7. The van der Waals surface area contributed by atoms with E-state index in [1.54, 1.807) is 56.0 Å². The van der Waals surface area contributed by atoms with Gasteiger partial charge in [-0.2, -0.15) is 0 Å². The molecule has 1 fully saturated rings. The molecule has 2 amide bonds. The first kappa shape index (κ1) is 28.2. The molecule has 6 N–H and O–H groups in total. The molecule has 10 nitrogen and oxygen atoms in total. The molecule has 2 aromatic rings. The molecule has 1 aliphatic rings. The number of carbonyl (C=O) groups is 2. The van der Waals surface area contributed by atoms with Gasteiger partial charge in [-0.3, -0.25) is 41.2 Å². The van der Waals surface area contributed by atoms with E-state index in [-0.39, 0.29) is 40.4 Å². The maximum Gasteiger partial charge on any atom is 0.233 e. The summed E-state index contributed by atoms with van der Waals surface area (Å²) in [5, 5.41) is 38.3. The van der Waals surface area contributed by atoms with E-state index in [1.165, 1.54) is 0 Å². The highest BCUT2D eigenvalue weighted by molar-refractivity contribution is 8.26. The van der Waals surface area contributed by atoms with Crippen molar-refractivity contribution in [3.05, 3.63) is 60.2 Å². The number of nitrogens with zero attached hydrogens (tertiary/aromatic N) is 2. The highest BCUT2D eigenvalue weighted by atomic mass is 32.2. The molecule has 0 aliphatic heterocycles. The zero-order valence-electron chi connectivity index (χ0n) is 20.4. The molecule has 0 radical (unpaired) electrons. The number of pyridine rings is 2. The van der Waals surface area contributed by atoms with Gasteiger partial charge >= 0.3 is 0 Å². The predicted octanol–water partition coefficient (Wildman–Crippen LogP) is 4.15. The molecule has 1 unspecified atom stereocenters. The van der Waals surface area contributed by atoms with E-state index in [1.807, 2.05) is 0 Å². The molecule has 3 atom stereocenters. The van der Waals surface area contributed by atoms with Crippen LogP contribution in [0.25, 0.3) is 0 Å². The summed E-state index contributed by atoms with van der Waals surface area (Å²) >= 11 is 1.88. The van der Waals surface area contributed by atoms with Gasteiger partial charge in [0.2, 0.25) is 11.8 Å². The van der Waals surface area contributed by atoms with Crippen LogP contribution in [0.2, 0.25) is 0 Å². The van der Waals surface area contributed by atoms with Gasteiger partial charge in [0.25, 0.3) is 0 Å². The summed E-state index contributed by atoms with van der Waals surface area (Å²) in [4.78, 5) is 32.5. The minimum Gasteiger partial charge on any atom is -0.305 e. The van der Waals surface area contributed by atoms with Crippen molar-refractivity contribution in [3.8, 4) is 0 Å². The standard InChI is InChI=1S/C25H30N8O2S2/c1-15(19-5-3-9-31-14-19)23(35)33-25(29)36-20(26)11-16-6-7-18(10-16)22(27)37-24(28)32-21(34)12-17-4-2-8-30-13-17/h2-5,8-9,13-16,18,26-27H,6-7,10-12H2,1H3,(H2,28,32,34)(H2,29,33,35)/t15?,16-,18+/m0/s1. The quantitative estimate of drug-likeness (QED) is 0.227. The van der Waals surface area contributed by atoms with Crippen molar-refractivity contribution >= 4 is 55.8 Å². The molecule has 0 spiro atoms. The molecule has 0 bridgehead atoms. The first-order valence-electron chi connectivity index (χ1n) is 11.8. The lowest BCUT2D eigenvalue weighted by Crippen LogP contribution is -2.32. The summed E-state index contributed by atoms with van der Waals surface area (Å²) in [6.07, 6.45) is 9.40. The van der Waals surface area contributed by atoms with E-state index in [9.17, 15) is 9.59 Å². The average Bonchev–Trinajstić information content (AvgIpc) is 3.32. The zero-order chi connectivity index (χ0) is 26.8. The summed E-state index contributed by atoms with van der Waals surface area (Å²) in [6, 6.07) is 7.10. The molecule has 1 saturated carbocycles. The van der Waals surface area contributed by atoms with Crippen LogP contribution in [0.4, 0.5) is 0 Å². The fourth-order valence-corrected chi connectivity index (χ4v) is 5.51. The van der Waals surface area contributed by atoms with Gasteiger partial charge in [0.15, 0.2) is 10.3 Å². The Morgan fingerprint density at radius 3 is 2.38 bits per heavy atom. The minimum absolute atomic E-state index is 0.0251. The van der Waals surface area contributed by atoms with Crippen molar-refractivity contribution in [3.63, 3.8) is 0 Å². The molecule has 2 aromatic heterocycles. The number of carbonyl (C=O) groups excluding carboxylic acids is 2. The zero-order valence-corrected chi connectivity index (χ0v) is 22.0. The summed E-state index contributed by atoms with van der Waals surface area (Å²) in [5.41, 5.74) is 1.51. The average molecular weight is 539 g/mol. The Morgan fingerprint density at radius 2 is 1.70 bits per heavy atom. The summed E-state index contributed by atoms with van der Waals surface area (Å²) < 4.78 is 0. The molecular weight excluding hydrogens is 508 g/mol. The fraction of sp³-hybridized carbons (Fsp3) is 0.360. The number of aromatic nitrogens is 2. The monoisotopic (exact) mass is 538 g/mol. The molecule has 0 aromatic carbocycles. The van der Waals surface area contributed by atoms with Crippen LogP contribution in [0, 0.1) is 33.5 Å². The van der Waals surface area contributed by atoms with Gasteiger partial charge in [-0.25, -0.2) is 0 Å². The Hall–Kier alpha value is -3.38. The first-order chi connectivity index (χ1) is 17.7. The smallest absolute Gasteiger partial charge is 0.233 e. The lowest BCUT2D eigenvalue weighted by molar-refractivity contribution is -0.121. The molecular formula is C25H30N8O2S2. The SMILES string of the molecule is CC(C(=O)NC(=N)SC(=N)C[C@H]1CC[C@@H](C(=N)SC(=N)NC(=O)Cc2cccnc2)C1)c1cccnc1. The van der Waals surface area contributed by atoms with Crippen LogP contribution in [0.3, 0.4) is 0 Å². The predicted molar refractivity (Wildman–Crippen MR) is 148 cm³/mol. The van der Waals surface area contributed by atoms with Gasteiger partial charge in [0.1, 0.15) is 0 Å². The van der Waals surface area contributed by atoms with Crippen molar-refractivity contribution in [1.82, 2.24) is 20.6 Å².